The van der Waals surface area contributed by atoms with Gasteiger partial charge in [-0.25, -0.2) is 4.79 Å². The second kappa shape index (κ2) is 4.70. The number of amides is 2. The van der Waals surface area contributed by atoms with Crippen molar-refractivity contribution in [3.8, 4) is 11.5 Å². The fourth-order valence-electron chi connectivity index (χ4n) is 2.58. The molecular formula is C14H17N3O3. The minimum Gasteiger partial charge on any atom is -0.493 e. The van der Waals surface area contributed by atoms with Crippen molar-refractivity contribution in [3.63, 3.8) is 0 Å². The Morgan fingerprint density at radius 2 is 1.95 bits per heavy atom. The highest BCUT2D eigenvalue weighted by atomic mass is 16.5. The lowest BCUT2D eigenvalue weighted by Gasteiger charge is -2.23. The quantitative estimate of drug-likeness (QED) is 0.881. The van der Waals surface area contributed by atoms with Crippen LogP contribution in [0.4, 0.5) is 4.79 Å². The molecule has 2 N–H and O–H groups in total. The van der Waals surface area contributed by atoms with Crippen molar-refractivity contribution >= 4 is 11.9 Å². The number of hydrogen-bond acceptors (Lipinski definition) is 4. The smallest absolute Gasteiger partial charge is 0.323 e. The van der Waals surface area contributed by atoms with E-state index >= 15 is 0 Å². The zero-order chi connectivity index (χ0) is 14.3. The third-order valence-electron chi connectivity index (χ3n) is 3.69. The first-order valence-corrected chi connectivity index (χ1v) is 6.55. The molecule has 1 aliphatic carbocycles. The Hall–Kier alpha value is -2.24. The summed E-state index contributed by atoms with van der Waals surface area (Å²) in [6, 6.07) is 5.21. The van der Waals surface area contributed by atoms with Gasteiger partial charge in [0.1, 0.15) is 11.9 Å². The van der Waals surface area contributed by atoms with Crippen LogP contribution in [0.5, 0.6) is 11.5 Å². The van der Waals surface area contributed by atoms with Gasteiger partial charge in [0, 0.05) is 6.04 Å². The lowest BCUT2D eigenvalue weighted by molar-refractivity contribution is 0.202. The highest BCUT2D eigenvalue weighted by molar-refractivity contribution is 6.06. The van der Waals surface area contributed by atoms with Gasteiger partial charge in [-0.05, 0) is 30.5 Å². The minimum atomic E-state index is -0.352. The van der Waals surface area contributed by atoms with Gasteiger partial charge in [0.2, 0.25) is 0 Å². The predicted octanol–water partition coefficient (Wildman–Crippen LogP) is 1.91. The van der Waals surface area contributed by atoms with Crippen LogP contribution in [-0.4, -0.2) is 37.0 Å². The Labute approximate surface area is 117 Å². The molecule has 2 aliphatic rings. The summed E-state index contributed by atoms with van der Waals surface area (Å²) < 4.78 is 10.5. The van der Waals surface area contributed by atoms with Gasteiger partial charge in [0.15, 0.2) is 11.5 Å². The van der Waals surface area contributed by atoms with Crippen LogP contribution in [0, 0.1) is 5.41 Å². The molecule has 1 heterocycles. The predicted molar refractivity (Wildman–Crippen MR) is 73.4 cm³/mol. The van der Waals surface area contributed by atoms with E-state index in [-0.39, 0.29) is 24.0 Å². The maximum absolute atomic E-state index is 11.9. The average molecular weight is 275 g/mol. The van der Waals surface area contributed by atoms with Gasteiger partial charge in [-0.15, -0.1) is 0 Å². The molecule has 1 aliphatic heterocycles. The van der Waals surface area contributed by atoms with Crippen LogP contribution in [0.15, 0.2) is 18.2 Å². The summed E-state index contributed by atoms with van der Waals surface area (Å²) in [4.78, 5) is 13.7. The van der Waals surface area contributed by atoms with E-state index in [2.05, 4.69) is 5.32 Å². The molecule has 1 unspecified atom stereocenters. The highest BCUT2D eigenvalue weighted by Gasteiger charge is 2.45. The Morgan fingerprint density at radius 1 is 1.25 bits per heavy atom. The topological polar surface area (TPSA) is 74.7 Å². The van der Waals surface area contributed by atoms with Crippen LogP contribution in [0.3, 0.4) is 0 Å². The zero-order valence-corrected chi connectivity index (χ0v) is 11.5. The SMILES string of the molecule is COc1ccc(C2C(=N)NC(=O)N2C2CC2)cc1OC. The number of amidine groups is 1. The number of carbonyl (C=O) groups is 1. The number of ether oxygens (including phenoxy) is 2. The molecular weight excluding hydrogens is 258 g/mol. The number of nitrogens with one attached hydrogen (secondary N) is 2. The molecule has 6 heteroatoms. The number of nitrogens with zero attached hydrogens (tertiary/aromatic N) is 1. The average Bonchev–Trinajstić information content (AvgIpc) is 3.23. The second-order valence-electron chi connectivity index (χ2n) is 5.00. The molecule has 106 valence electrons. The molecule has 0 aromatic heterocycles. The van der Waals surface area contributed by atoms with Crippen LogP contribution < -0.4 is 14.8 Å². The largest absolute Gasteiger partial charge is 0.493 e. The molecule has 1 saturated carbocycles. The zero-order valence-electron chi connectivity index (χ0n) is 11.5. The van der Waals surface area contributed by atoms with Gasteiger partial charge in [-0.2, -0.15) is 0 Å². The van der Waals surface area contributed by atoms with Crippen LogP contribution in [0.2, 0.25) is 0 Å². The van der Waals surface area contributed by atoms with Crippen molar-refractivity contribution in [1.29, 1.82) is 5.41 Å². The summed E-state index contributed by atoms with van der Waals surface area (Å²) in [5.74, 6) is 1.46. The van der Waals surface area contributed by atoms with Gasteiger partial charge in [0.05, 0.1) is 14.2 Å². The first-order chi connectivity index (χ1) is 9.65. The van der Waals surface area contributed by atoms with E-state index in [0.29, 0.717) is 11.5 Å². The maximum atomic E-state index is 11.9. The molecule has 1 aromatic carbocycles. The first kappa shape index (κ1) is 12.8. The van der Waals surface area contributed by atoms with E-state index in [0.717, 1.165) is 18.4 Å². The lowest BCUT2D eigenvalue weighted by atomic mass is 10.0. The number of rotatable bonds is 4. The molecule has 0 radical (unpaired) electrons. The summed E-state index contributed by atoms with van der Waals surface area (Å²) in [5, 5.41) is 10.6. The monoisotopic (exact) mass is 275 g/mol. The molecule has 2 amide bonds. The van der Waals surface area contributed by atoms with E-state index in [1.54, 1.807) is 25.2 Å². The van der Waals surface area contributed by atoms with Crippen LogP contribution in [-0.2, 0) is 0 Å². The van der Waals surface area contributed by atoms with Gasteiger partial charge in [-0.3, -0.25) is 10.7 Å². The molecule has 2 fully saturated rings. The normalized spacial score (nSPS) is 21.9. The summed E-state index contributed by atoms with van der Waals surface area (Å²) in [5.41, 5.74) is 0.859. The molecule has 0 spiro atoms. The maximum Gasteiger partial charge on any atom is 0.323 e. The molecule has 1 aromatic rings. The molecule has 20 heavy (non-hydrogen) atoms. The number of urea groups is 1. The number of methoxy groups -OCH3 is 2. The van der Waals surface area contributed by atoms with Crippen LogP contribution in [0.25, 0.3) is 0 Å². The number of benzene rings is 1. The lowest BCUT2D eigenvalue weighted by Crippen LogP contribution is -2.31. The molecule has 1 saturated heterocycles. The molecule has 1 atom stereocenters. The molecule has 0 bridgehead atoms. The standard InChI is InChI=1S/C14H17N3O3/c1-19-10-6-3-8(7-11(10)20-2)12-13(15)16-14(18)17(12)9-4-5-9/h3,6-7,9,12H,4-5H2,1-2H3,(H2,15,16,18). The minimum absolute atomic E-state index is 0.183. The summed E-state index contributed by atoms with van der Waals surface area (Å²) >= 11 is 0. The van der Waals surface area contributed by atoms with Gasteiger partial charge < -0.3 is 14.4 Å². The van der Waals surface area contributed by atoms with Crippen molar-refractivity contribution in [1.82, 2.24) is 10.2 Å². The van der Waals surface area contributed by atoms with Crippen molar-refractivity contribution < 1.29 is 14.3 Å². The van der Waals surface area contributed by atoms with Crippen LogP contribution >= 0.6 is 0 Å². The Bertz CT molecular complexity index is 569. The van der Waals surface area contributed by atoms with E-state index in [1.807, 2.05) is 12.1 Å². The Balaban J connectivity index is 1.98. The van der Waals surface area contributed by atoms with E-state index < -0.39 is 0 Å². The Morgan fingerprint density at radius 3 is 2.55 bits per heavy atom. The Kier molecular flexibility index (Phi) is 3.00. The first-order valence-electron chi connectivity index (χ1n) is 6.55. The van der Waals surface area contributed by atoms with E-state index in [9.17, 15) is 4.79 Å². The third-order valence-corrected chi connectivity index (χ3v) is 3.69. The van der Waals surface area contributed by atoms with Crippen LogP contribution in [0.1, 0.15) is 24.4 Å². The highest BCUT2D eigenvalue weighted by Crippen LogP contribution is 2.39. The fourth-order valence-corrected chi connectivity index (χ4v) is 2.58. The van der Waals surface area contributed by atoms with Crippen molar-refractivity contribution in [2.45, 2.75) is 24.9 Å². The molecule has 6 nitrogen and oxygen atoms in total. The fraction of sp³-hybridized carbons (Fsp3) is 0.429. The number of hydrogen-bond donors (Lipinski definition) is 2. The van der Waals surface area contributed by atoms with Gasteiger partial charge >= 0.3 is 6.03 Å². The van der Waals surface area contributed by atoms with Crippen molar-refractivity contribution in [2.24, 2.45) is 0 Å². The van der Waals surface area contributed by atoms with Gasteiger partial charge in [-0.1, -0.05) is 6.07 Å². The number of carbonyl (C=O) groups excluding carboxylic acids is 1. The molecule has 3 rings (SSSR count). The van der Waals surface area contributed by atoms with Crippen molar-refractivity contribution in [3.05, 3.63) is 23.8 Å². The third kappa shape index (κ3) is 1.97. The van der Waals surface area contributed by atoms with E-state index in [4.69, 9.17) is 14.9 Å². The van der Waals surface area contributed by atoms with Crippen molar-refractivity contribution in [2.75, 3.05) is 14.2 Å². The van der Waals surface area contributed by atoms with E-state index in [1.165, 1.54) is 0 Å². The summed E-state index contributed by atoms with van der Waals surface area (Å²) in [6.45, 7) is 0. The van der Waals surface area contributed by atoms with Gasteiger partial charge in [0.25, 0.3) is 0 Å². The summed E-state index contributed by atoms with van der Waals surface area (Å²) in [6.07, 6.45) is 2.01. The summed E-state index contributed by atoms with van der Waals surface area (Å²) in [7, 11) is 3.15. The second-order valence-corrected chi connectivity index (χ2v) is 5.00.